The summed E-state index contributed by atoms with van der Waals surface area (Å²) in [6.45, 7) is 3.61. The van der Waals surface area contributed by atoms with Gasteiger partial charge in [0.25, 0.3) is 0 Å². The summed E-state index contributed by atoms with van der Waals surface area (Å²) in [7, 11) is 0. The molecule has 1 aromatic carbocycles. The molecule has 1 saturated carbocycles. The maximum atomic E-state index is 11.2. The van der Waals surface area contributed by atoms with Gasteiger partial charge >= 0.3 is 11.9 Å². The minimum Gasteiger partial charge on any atom is -0.481 e. The molecule has 2 rings (SSSR count). The van der Waals surface area contributed by atoms with E-state index in [0.29, 0.717) is 0 Å². The van der Waals surface area contributed by atoms with Crippen LogP contribution in [0.15, 0.2) is 24.3 Å². The van der Waals surface area contributed by atoms with Crippen LogP contribution in [0.4, 0.5) is 0 Å². The van der Waals surface area contributed by atoms with Crippen LogP contribution in [0.3, 0.4) is 0 Å². The number of hydrogen-bond donors (Lipinski definition) is 2. The lowest BCUT2D eigenvalue weighted by molar-refractivity contribution is -0.147. The SMILES string of the molecule is CC(C)(CCCCCCc1cccc(CCCCCCC2(C(=O)O)CC2)c1)C(=O)O. The third-order valence-corrected chi connectivity index (χ3v) is 6.77. The van der Waals surface area contributed by atoms with Gasteiger partial charge in [-0.15, -0.1) is 0 Å². The second-order valence-corrected chi connectivity index (χ2v) is 9.92. The smallest absolute Gasteiger partial charge is 0.309 e. The maximum absolute atomic E-state index is 11.2. The highest BCUT2D eigenvalue weighted by Crippen LogP contribution is 2.50. The zero-order chi connectivity index (χ0) is 22.0. The van der Waals surface area contributed by atoms with Crippen LogP contribution >= 0.6 is 0 Å². The molecular weight excluding hydrogens is 376 g/mol. The van der Waals surface area contributed by atoms with Crippen LogP contribution in [-0.2, 0) is 22.4 Å². The van der Waals surface area contributed by atoms with Gasteiger partial charge in [0, 0.05) is 0 Å². The van der Waals surface area contributed by atoms with E-state index in [9.17, 15) is 14.7 Å². The third-order valence-electron chi connectivity index (χ3n) is 6.77. The maximum Gasteiger partial charge on any atom is 0.309 e. The van der Waals surface area contributed by atoms with Crippen molar-refractivity contribution in [2.24, 2.45) is 10.8 Å². The van der Waals surface area contributed by atoms with Gasteiger partial charge in [0.15, 0.2) is 0 Å². The quantitative estimate of drug-likeness (QED) is 0.296. The fourth-order valence-corrected chi connectivity index (χ4v) is 4.16. The van der Waals surface area contributed by atoms with Crippen LogP contribution in [0.2, 0.25) is 0 Å². The Balaban J connectivity index is 1.55. The molecule has 0 saturated heterocycles. The summed E-state index contributed by atoms with van der Waals surface area (Å²) in [6.07, 6.45) is 14.4. The molecule has 0 amide bonds. The Morgan fingerprint density at radius 2 is 1.40 bits per heavy atom. The molecule has 0 aliphatic heterocycles. The molecule has 0 bridgehead atoms. The Hall–Kier alpha value is -1.84. The van der Waals surface area contributed by atoms with Gasteiger partial charge in [0.1, 0.15) is 0 Å². The number of aliphatic carboxylic acids is 2. The van der Waals surface area contributed by atoms with Crippen molar-refractivity contribution in [1.29, 1.82) is 0 Å². The Morgan fingerprint density at radius 3 is 1.90 bits per heavy atom. The summed E-state index contributed by atoms with van der Waals surface area (Å²) < 4.78 is 0. The summed E-state index contributed by atoms with van der Waals surface area (Å²) in [5, 5.41) is 18.4. The molecule has 168 valence electrons. The summed E-state index contributed by atoms with van der Waals surface area (Å²) in [6, 6.07) is 8.90. The average Bonchev–Trinajstić information content (AvgIpc) is 3.49. The van der Waals surface area contributed by atoms with Crippen LogP contribution in [-0.4, -0.2) is 22.2 Å². The van der Waals surface area contributed by atoms with E-state index in [0.717, 1.165) is 77.0 Å². The van der Waals surface area contributed by atoms with E-state index >= 15 is 0 Å². The Bertz CT molecular complexity index is 645. The number of carbonyl (C=O) groups is 2. The van der Waals surface area contributed by atoms with Crippen molar-refractivity contribution in [1.82, 2.24) is 0 Å². The molecule has 2 N–H and O–H groups in total. The van der Waals surface area contributed by atoms with E-state index in [1.165, 1.54) is 24.0 Å². The fourth-order valence-electron chi connectivity index (χ4n) is 4.16. The number of hydrogen-bond acceptors (Lipinski definition) is 2. The standard InChI is InChI=1S/C26H40O4/c1-25(2,23(27)28)16-9-5-3-7-12-21-14-11-15-22(20-21)13-8-4-6-10-17-26(18-19-26)24(29)30/h11,14-15,20H,3-10,12-13,16-19H2,1-2H3,(H,27,28)(H,29,30). The predicted molar refractivity (Wildman–Crippen MR) is 121 cm³/mol. The molecule has 1 fully saturated rings. The van der Waals surface area contributed by atoms with E-state index in [1.54, 1.807) is 13.8 Å². The first-order valence-corrected chi connectivity index (χ1v) is 11.8. The zero-order valence-electron chi connectivity index (χ0n) is 18.9. The number of carboxylic acid groups (broad SMARTS) is 2. The van der Waals surface area contributed by atoms with E-state index in [2.05, 4.69) is 24.3 Å². The summed E-state index contributed by atoms with van der Waals surface area (Å²) in [5.74, 6) is -1.30. The molecule has 0 heterocycles. The van der Waals surface area contributed by atoms with Gasteiger partial charge in [-0.2, -0.15) is 0 Å². The largest absolute Gasteiger partial charge is 0.481 e. The Morgan fingerprint density at radius 1 is 0.867 bits per heavy atom. The van der Waals surface area contributed by atoms with Gasteiger partial charge in [-0.05, 0) is 76.3 Å². The highest BCUT2D eigenvalue weighted by molar-refractivity contribution is 5.77. The molecule has 0 radical (unpaired) electrons. The van der Waals surface area contributed by atoms with Gasteiger partial charge in [-0.1, -0.05) is 62.8 Å². The summed E-state index contributed by atoms with van der Waals surface area (Å²) >= 11 is 0. The second kappa shape index (κ2) is 11.5. The highest BCUT2D eigenvalue weighted by atomic mass is 16.4. The van der Waals surface area contributed by atoms with E-state index in [4.69, 9.17) is 5.11 Å². The van der Waals surface area contributed by atoms with Crippen LogP contribution in [0.1, 0.15) is 102 Å². The van der Waals surface area contributed by atoms with Crippen molar-refractivity contribution in [3.63, 3.8) is 0 Å². The first-order chi connectivity index (χ1) is 14.3. The minimum absolute atomic E-state index is 0.360. The molecule has 4 nitrogen and oxygen atoms in total. The molecule has 1 aromatic rings. The van der Waals surface area contributed by atoms with Gasteiger partial charge in [0.05, 0.1) is 10.8 Å². The molecule has 1 aliphatic rings. The Kier molecular flexibility index (Phi) is 9.38. The normalized spacial score (nSPS) is 15.1. The van der Waals surface area contributed by atoms with E-state index < -0.39 is 17.4 Å². The lowest BCUT2D eigenvalue weighted by Crippen LogP contribution is -2.23. The summed E-state index contributed by atoms with van der Waals surface area (Å²) in [5.41, 5.74) is 1.83. The number of benzene rings is 1. The van der Waals surface area contributed by atoms with Crippen molar-refractivity contribution in [3.8, 4) is 0 Å². The molecule has 1 aliphatic carbocycles. The second-order valence-electron chi connectivity index (χ2n) is 9.92. The molecule has 30 heavy (non-hydrogen) atoms. The van der Waals surface area contributed by atoms with Crippen molar-refractivity contribution in [2.45, 2.75) is 104 Å². The van der Waals surface area contributed by atoms with Crippen LogP contribution in [0.25, 0.3) is 0 Å². The van der Waals surface area contributed by atoms with E-state index in [1.807, 2.05) is 0 Å². The van der Waals surface area contributed by atoms with Gasteiger partial charge in [0.2, 0.25) is 0 Å². The van der Waals surface area contributed by atoms with Crippen LogP contribution < -0.4 is 0 Å². The average molecular weight is 417 g/mol. The van der Waals surface area contributed by atoms with E-state index in [-0.39, 0.29) is 5.41 Å². The van der Waals surface area contributed by atoms with Crippen molar-refractivity contribution < 1.29 is 19.8 Å². The third kappa shape index (κ3) is 8.12. The number of rotatable bonds is 16. The molecular formula is C26H40O4. The predicted octanol–water partition coefficient (Wildman–Crippen LogP) is 6.65. The topological polar surface area (TPSA) is 74.6 Å². The molecule has 0 atom stereocenters. The van der Waals surface area contributed by atoms with Crippen molar-refractivity contribution >= 4 is 11.9 Å². The highest BCUT2D eigenvalue weighted by Gasteiger charge is 2.49. The van der Waals surface area contributed by atoms with Gasteiger partial charge < -0.3 is 10.2 Å². The van der Waals surface area contributed by atoms with Crippen LogP contribution in [0, 0.1) is 10.8 Å². The molecule has 4 heteroatoms. The molecule has 0 aromatic heterocycles. The minimum atomic E-state index is -0.702. The first-order valence-electron chi connectivity index (χ1n) is 11.8. The lowest BCUT2D eigenvalue weighted by atomic mass is 9.87. The van der Waals surface area contributed by atoms with Gasteiger partial charge in [-0.3, -0.25) is 9.59 Å². The van der Waals surface area contributed by atoms with Gasteiger partial charge in [-0.25, -0.2) is 0 Å². The zero-order valence-corrected chi connectivity index (χ0v) is 18.9. The molecule has 0 spiro atoms. The molecule has 0 unspecified atom stereocenters. The monoisotopic (exact) mass is 416 g/mol. The van der Waals surface area contributed by atoms with Crippen molar-refractivity contribution in [3.05, 3.63) is 35.4 Å². The fraction of sp³-hybridized carbons (Fsp3) is 0.692. The van der Waals surface area contributed by atoms with Crippen LogP contribution in [0.5, 0.6) is 0 Å². The Labute approximate surface area is 182 Å². The van der Waals surface area contributed by atoms with Crippen molar-refractivity contribution in [2.75, 3.05) is 0 Å². The number of carboxylic acids is 2. The first kappa shape index (κ1) is 24.4. The number of aryl methyl sites for hydroxylation is 2. The summed E-state index contributed by atoms with van der Waals surface area (Å²) in [4.78, 5) is 22.3. The lowest BCUT2D eigenvalue weighted by Gasteiger charge is -2.18. The number of unbranched alkanes of at least 4 members (excludes halogenated alkanes) is 6.